The van der Waals surface area contributed by atoms with Crippen molar-refractivity contribution in [2.45, 2.75) is 24.6 Å². The summed E-state index contributed by atoms with van der Waals surface area (Å²) in [6, 6.07) is 0. The van der Waals surface area contributed by atoms with Crippen molar-refractivity contribution in [3.63, 3.8) is 0 Å². The van der Waals surface area contributed by atoms with Crippen LogP contribution < -0.4 is 0 Å². The first kappa shape index (κ1) is 7.26. The molecule has 2 unspecified atom stereocenters. The van der Waals surface area contributed by atoms with Gasteiger partial charge >= 0.3 is 0 Å². The van der Waals surface area contributed by atoms with Crippen LogP contribution in [-0.4, -0.2) is 4.83 Å². The van der Waals surface area contributed by atoms with Crippen LogP contribution in [0, 0.1) is 5.92 Å². The highest BCUT2D eigenvalue weighted by molar-refractivity contribution is 9.09. The molecule has 0 aromatic heterocycles. The van der Waals surface area contributed by atoms with E-state index in [9.17, 15) is 4.39 Å². The summed E-state index contributed by atoms with van der Waals surface area (Å²) in [5.41, 5.74) is 0. The Morgan fingerprint density at radius 3 is 2.89 bits per heavy atom. The van der Waals surface area contributed by atoms with Crippen LogP contribution in [0.3, 0.4) is 0 Å². The Kier molecular flexibility index (Phi) is 2.28. The van der Waals surface area contributed by atoms with E-state index in [0.29, 0.717) is 17.2 Å². The second-order valence-electron chi connectivity index (χ2n) is 2.63. The Labute approximate surface area is 63.3 Å². The first-order valence-corrected chi connectivity index (χ1v) is 4.10. The third kappa shape index (κ3) is 2.09. The highest BCUT2D eigenvalue weighted by Gasteiger charge is 2.16. The number of hydrogen-bond donors (Lipinski definition) is 0. The molecule has 0 aromatic rings. The highest BCUT2D eigenvalue weighted by atomic mass is 79.9. The van der Waals surface area contributed by atoms with Gasteiger partial charge in [0.2, 0.25) is 0 Å². The smallest absolute Gasteiger partial charge is 0.0973 e. The van der Waals surface area contributed by atoms with Crippen LogP contribution in [0.2, 0.25) is 0 Å². The molecule has 0 heterocycles. The van der Waals surface area contributed by atoms with Crippen LogP contribution in [0.15, 0.2) is 11.9 Å². The molecule has 0 aromatic carbocycles. The van der Waals surface area contributed by atoms with Crippen LogP contribution in [-0.2, 0) is 0 Å². The summed E-state index contributed by atoms with van der Waals surface area (Å²) in [6.45, 7) is 2.03. The molecule has 1 aliphatic rings. The Hall–Kier alpha value is 0.150. The number of halogens is 2. The normalized spacial score (nSPS) is 36.1. The molecule has 1 aliphatic carbocycles. The molecular weight excluding hydrogens is 183 g/mol. The molecule has 0 fully saturated rings. The van der Waals surface area contributed by atoms with Gasteiger partial charge in [-0.15, -0.1) is 0 Å². The Morgan fingerprint density at radius 1 is 1.78 bits per heavy atom. The van der Waals surface area contributed by atoms with Gasteiger partial charge in [0.1, 0.15) is 0 Å². The van der Waals surface area contributed by atoms with E-state index in [4.69, 9.17) is 0 Å². The lowest BCUT2D eigenvalue weighted by Gasteiger charge is -2.17. The Balaban J connectivity index is 2.56. The minimum absolute atomic E-state index is 0.0376. The standard InChI is InChI=1S/C7H10BrF/c1-5-2-6(8)4-7(9)3-5/h3,5-6H,2,4H2,1H3. The fourth-order valence-electron chi connectivity index (χ4n) is 1.14. The summed E-state index contributed by atoms with van der Waals surface area (Å²) in [4.78, 5) is 0.359. The molecule has 0 saturated carbocycles. The van der Waals surface area contributed by atoms with Gasteiger partial charge in [-0.25, -0.2) is 4.39 Å². The molecule has 2 atom stereocenters. The molecule has 0 nitrogen and oxygen atoms in total. The van der Waals surface area contributed by atoms with Crippen molar-refractivity contribution in [3.8, 4) is 0 Å². The van der Waals surface area contributed by atoms with Crippen molar-refractivity contribution in [1.82, 2.24) is 0 Å². The number of allylic oxidation sites excluding steroid dienone is 2. The minimum Gasteiger partial charge on any atom is -0.212 e. The first-order valence-electron chi connectivity index (χ1n) is 3.18. The predicted octanol–water partition coefficient (Wildman–Crippen LogP) is 3.03. The van der Waals surface area contributed by atoms with Gasteiger partial charge in [0.05, 0.1) is 5.83 Å². The monoisotopic (exact) mass is 192 g/mol. The molecule has 0 bridgehead atoms. The van der Waals surface area contributed by atoms with E-state index >= 15 is 0 Å². The first-order chi connectivity index (χ1) is 4.18. The van der Waals surface area contributed by atoms with Gasteiger partial charge in [-0.05, 0) is 18.4 Å². The van der Waals surface area contributed by atoms with Gasteiger partial charge in [0.15, 0.2) is 0 Å². The van der Waals surface area contributed by atoms with Crippen LogP contribution in [0.4, 0.5) is 4.39 Å². The third-order valence-electron chi connectivity index (χ3n) is 1.51. The fourth-order valence-corrected chi connectivity index (χ4v) is 2.04. The lowest BCUT2D eigenvalue weighted by Crippen LogP contribution is -2.09. The largest absolute Gasteiger partial charge is 0.212 e. The zero-order chi connectivity index (χ0) is 6.85. The number of rotatable bonds is 0. The predicted molar refractivity (Wildman–Crippen MR) is 40.3 cm³/mol. The lowest BCUT2D eigenvalue weighted by molar-refractivity contribution is 0.493. The van der Waals surface area contributed by atoms with Crippen molar-refractivity contribution in [1.29, 1.82) is 0 Å². The van der Waals surface area contributed by atoms with Crippen molar-refractivity contribution in [2.24, 2.45) is 5.92 Å². The minimum atomic E-state index is 0.0376. The molecule has 0 aliphatic heterocycles. The molecule has 0 amide bonds. The zero-order valence-corrected chi connectivity index (χ0v) is 6.99. The molecule has 9 heavy (non-hydrogen) atoms. The van der Waals surface area contributed by atoms with Crippen LogP contribution in [0.5, 0.6) is 0 Å². The average molecular weight is 193 g/mol. The second-order valence-corrected chi connectivity index (χ2v) is 3.92. The molecular formula is C7H10BrF. The van der Waals surface area contributed by atoms with E-state index < -0.39 is 0 Å². The summed E-state index contributed by atoms with van der Waals surface area (Å²) in [6.07, 6.45) is 3.34. The van der Waals surface area contributed by atoms with Gasteiger partial charge in [-0.1, -0.05) is 22.9 Å². The molecule has 0 N–H and O–H groups in total. The van der Waals surface area contributed by atoms with E-state index in [0.717, 1.165) is 6.42 Å². The Morgan fingerprint density at radius 2 is 2.44 bits per heavy atom. The van der Waals surface area contributed by atoms with Crippen LogP contribution in [0.1, 0.15) is 19.8 Å². The van der Waals surface area contributed by atoms with E-state index in [2.05, 4.69) is 15.9 Å². The molecule has 2 heteroatoms. The van der Waals surface area contributed by atoms with Gasteiger partial charge in [-0.3, -0.25) is 0 Å². The summed E-state index contributed by atoms with van der Waals surface area (Å²) in [7, 11) is 0. The maximum atomic E-state index is 12.5. The van der Waals surface area contributed by atoms with Crippen LogP contribution >= 0.6 is 15.9 Å². The van der Waals surface area contributed by atoms with Crippen molar-refractivity contribution >= 4 is 15.9 Å². The molecule has 0 spiro atoms. The van der Waals surface area contributed by atoms with Crippen LogP contribution in [0.25, 0.3) is 0 Å². The SMILES string of the molecule is CC1C=C(F)CC(Br)C1. The maximum Gasteiger partial charge on any atom is 0.0973 e. The van der Waals surface area contributed by atoms with Crippen molar-refractivity contribution in [3.05, 3.63) is 11.9 Å². The van der Waals surface area contributed by atoms with E-state index in [-0.39, 0.29) is 5.83 Å². The summed E-state index contributed by atoms with van der Waals surface area (Å²) in [5.74, 6) is 0.443. The second kappa shape index (κ2) is 2.82. The van der Waals surface area contributed by atoms with Gasteiger partial charge in [0, 0.05) is 11.2 Å². The lowest BCUT2D eigenvalue weighted by atomic mass is 9.97. The van der Waals surface area contributed by atoms with Gasteiger partial charge in [0.25, 0.3) is 0 Å². The van der Waals surface area contributed by atoms with E-state index in [1.807, 2.05) is 6.92 Å². The molecule has 52 valence electrons. The Bertz CT molecular complexity index is 131. The maximum absolute atomic E-state index is 12.5. The summed E-state index contributed by atoms with van der Waals surface area (Å²) < 4.78 is 12.5. The van der Waals surface area contributed by atoms with Gasteiger partial charge < -0.3 is 0 Å². The van der Waals surface area contributed by atoms with Gasteiger partial charge in [-0.2, -0.15) is 0 Å². The molecule has 0 saturated heterocycles. The highest BCUT2D eigenvalue weighted by Crippen LogP contribution is 2.28. The molecule has 0 radical (unpaired) electrons. The number of alkyl halides is 1. The average Bonchev–Trinajstić information content (AvgIpc) is 1.59. The quantitative estimate of drug-likeness (QED) is 0.518. The summed E-state index contributed by atoms with van der Waals surface area (Å²) >= 11 is 3.39. The zero-order valence-electron chi connectivity index (χ0n) is 5.40. The van der Waals surface area contributed by atoms with Crippen molar-refractivity contribution < 1.29 is 4.39 Å². The van der Waals surface area contributed by atoms with Crippen molar-refractivity contribution in [2.75, 3.05) is 0 Å². The third-order valence-corrected chi connectivity index (χ3v) is 2.21. The topological polar surface area (TPSA) is 0 Å². The van der Waals surface area contributed by atoms with E-state index in [1.54, 1.807) is 6.08 Å². The number of hydrogen-bond acceptors (Lipinski definition) is 0. The molecule has 1 rings (SSSR count). The fraction of sp³-hybridized carbons (Fsp3) is 0.714. The summed E-state index contributed by atoms with van der Waals surface area (Å²) in [5, 5.41) is 0. The van der Waals surface area contributed by atoms with E-state index in [1.165, 1.54) is 0 Å².